The van der Waals surface area contributed by atoms with Gasteiger partial charge in [-0.3, -0.25) is 4.79 Å². The molecule has 1 heterocycles. The summed E-state index contributed by atoms with van der Waals surface area (Å²) in [5, 5.41) is 8.49. The first-order chi connectivity index (χ1) is 10.3. The number of allylic oxidation sites excluding steroid dienone is 2. The number of carboxylic acids is 1. The monoisotopic (exact) mass is 284 g/mol. The van der Waals surface area contributed by atoms with Gasteiger partial charge in [-0.05, 0) is 55.2 Å². The minimum Gasteiger partial charge on any atom is -0.481 e. The minimum atomic E-state index is -0.702. The summed E-state index contributed by atoms with van der Waals surface area (Å²) in [5.74, 6) is 11.0. The van der Waals surface area contributed by atoms with Crippen LogP contribution in [0.5, 0.6) is 0 Å². The van der Waals surface area contributed by atoms with Crippen LogP contribution in [-0.2, 0) is 4.79 Å². The largest absolute Gasteiger partial charge is 0.481 e. The van der Waals surface area contributed by atoms with E-state index in [0.29, 0.717) is 5.76 Å². The highest BCUT2D eigenvalue weighted by atomic mass is 16.4. The molecule has 3 nitrogen and oxygen atoms in total. The summed E-state index contributed by atoms with van der Waals surface area (Å²) in [6, 6.07) is 3.58. The van der Waals surface area contributed by atoms with Crippen LogP contribution in [0.1, 0.15) is 50.7 Å². The number of aliphatic carboxylic acids is 1. The fraction of sp³-hybridized carbons (Fsp3) is 0.389. The normalized spacial score (nSPS) is 9.71. The molecule has 0 amide bonds. The molecular formula is C18H20O3. The molecule has 1 aromatic rings. The van der Waals surface area contributed by atoms with Crippen molar-refractivity contribution in [3.8, 4) is 23.7 Å². The molecule has 1 rings (SSSR count). The summed E-state index contributed by atoms with van der Waals surface area (Å²) in [7, 11) is 0. The molecule has 0 radical (unpaired) electrons. The van der Waals surface area contributed by atoms with E-state index in [-0.39, 0.29) is 6.42 Å². The van der Waals surface area contributed by atoms with Crippen molar-refractivity contribution in [2.45, 2.75) is 44.9 Å². The molecule has 1 N–H and O–H groups in total. The Morgan fingerprint density at radius 3 is 2.76 bits per heavy atom. The second-order valence-corrected chi connectivity index (χ2v) is 4.60. The van der Waals surface area contributed by atoms with Crippen molar-refractivity contribution in [1.29, 1.82) is 0 Å². The average Bonchev–Trinajstić information content (AvgIpc) is 2.97. The predicted octanol–water partition coefficient (Wildman–Crippen LogP) is 4.01. The van der Waals surface area contributed by atoms with Crippen molar-refractivity contribution in [3.63, 3.8) is 0 Å². The Balaban J connectivity index is 1.99. The van der Waals surface area contributed by atoms with Crippen LogP contribution in [0.15, 0.2) is 35.0 Å². The van der Waals surface area contributed by atoms with E-state index in [1.807, 2.05) is 12.2 Å². The van der Waals surface area contributed by atoms with Gasteiger partial charge in [-0.15, -0.1) is 0 Å². The van der Waals surface area contributed by atoms with E-state index in [9.17, 15) is 4.79 Å². The molecule has 0 saturated carbocycles. The standard InChI is InChI=1S/C18H20O3/c19-18(20)15-11-9-7-5-3-1-2-4-6-8-10-13-17-14-12-16-21-17/h2,4,12,14,16H,1,3,5,7,9,11,15H2,(H,19,20)/b4-2+. The molecule has 110 valence electrons. The first kappa shape index (κ1) is 16.7. The average molecular weight is 284 g/mol. The van der Waals surface area contributed by atoms with Gasteiger partial charge in [-0.25, -0.2) is 0 Å². The topological polar surface area (TPSA) is 50.4 Å². The second kappa shape index (κ2) is 11.4. The Hall–Kier alpha value is -2.39. The van der Waals surface area contributed by atoms with E-state index in [0.717, 1.165) is 38.5 Å². The molecule has 0 atom stereocenters. The van der Waals surface area contributed by atoms with Crippen LogP contribution in [0.4, 0.5) is 0 Å². The molecule has 0 fully saturated rings. The Morgan fingerprint density at radius 2 is 2.00 bits per heavy atom. The summed E-state index contributed by atoms with van der Waals surface area (Å²) >= 11 is 0. The lowest BCUT2D eigenvalue weighted by Crippen LogP contribution is -1.93. The lowest BCUT2D eigenvalue weighted by molar-refractivity contribution is -0.137. The van der Waals surface area contributed by atoms with Gasteiger partial charge in [0.1, 0.15) is 0 Å². The van der Waals surface area contributed by atoms with Crippen molar-refractivity contribution in [2.24, 2.45) is 0 Å². The number of hydrogen-bond donors (Lipinski definition) is 1. The molecule has 1 aromatic heterocycles. The van der Waals surface area contributed by atoms with E-state index >= 15 is 0 Å². The van der Waals surface area contributed by atoms with Gasteiger partial charge in [0.2, 0.25) is 0 Å². The first-order valence-electron chi connectivity index (χ1n) is 7.21. The fourth-order valence-corrected chi connectivity index (χ4v) is 1.73. The predicted molar refractivity (Wildman–Crippen MR) is 82.5 cm³/mol. The quantitative estimate of drug-likeness (QED) is 0.579. The Kier molecular flexibility index (Phi) is 9.08. The molecule has 0 aromatic carbocycles. The van der Waals surface area contributed by atoms with Gasteiger partial charge in [0.05, 0.1) is 6.26 Å². The third-order valence-corrected chi connectivity index (χ3v) is 2.80. The van der Waals surface area contributed by atoms with Crippen LogP contribution in [0, 0.1) is 23.7 Å². The van der Waals surface area contributed by atoms with Gasteiger partial charge >= 0.3 is 5.97 Å². The van der Waals surface area contributed by atoms with Crippen molar-refractivity contribution < 1.29 is 14.3 Å². The Morgan fingerprint density at radius 1 is 1.19 bits per heavy atom. The van der Waals surface area contributed by atoms with Crippen molar-refractivity contribution in [2.75, 3.05) is 0 Å². The molecule has 0 aliphatic carbocycles. The highest BCUT2D eigenvalue weighted by molar-refractivity contribution is 5.66. The van der Waals surface area contributed by atoms with Gasteiger partial charge in [0.15, 0.2) is 5.76 Å². The molecule has 0 saturated heterocycles. The Bertz CT molecular complexity index is 545. The van der Waals surface area contributed by atoms with Crippen LogP contribution in [0.2, 0.25) is 0 Å². The number of carboxylic acid groups (broad SMARTS) is 1. The second-order valence-electron chi connectivity index (χ2n) is 4.60. The van der Waals surface area contributed by atoms with Gasteiger partial charge in [0, 0.05) is 6.42 Å². The molecule has 0 aliphatic rings. The van der Waals surface area contributed by atoms with Gasteiger partial charge in [0.25, 0.3) is 0 Å². The SMILES string of the molecule is O=C(O)CCCCCCC/C=C/C#CC#Cc1ccco1. The summed E-state index contributed by atoms with van der Waals surface area (Å²) < 4.78 is 5.05. The number of unbranched alkanes of at least 4 members (excludes halogenated alkanes) is 5. The maximum Gasteiger partial charge on any atom is 0.303 e. The van der Waals surface area contributed by atoms with E-state index in [1.165, 1.54) is 0 Å². The maximum atomic E-state index is 10.3. The highest BCUT2D eigenvalue weighted by Crippen LogP contribution is 2.07. The van der Waals surface area contributed by atoms with Gasteiger partial charge in [-0.1, -0.05) is 31.3 Å². The smallest absolute Gasteiger partial charge is 0.303 e. The van der Waals surface area contributed by atoms with E-state index in [4.69, 9.17) is 9.52 Å². The zero-order chi connectivity index (χ0) is 15.2. The summed E-state index contributed by atoms with van der Waals surface area (Å²) in [6.45, 7) is 0. The molecule has 21 heavy (non-hydrogen) atoms. The van der Waals surface area contributed by atoms with Crippen LogP contribution < -0.4 is 0 Å². The van der Waals surface area contributed by atoms with Crippen LogP contribution in [-0.4, -0.2) is 11.1 Å². The zero-order valence-corrected chi connectivity index (χ0v) is 12.1. The summed E-state index contributed by atoms with van der Waals surface area (Å²) in [6.07, 6.45) is 11.9. The lowest BCUT2D eigenvalue weighted by Gasteiger charge is -1.97. The van der Waals surface area contributed by atoms with Crippen LogP contribution >= 0.6 is 0 Å². The molecule has 0 spiro atoms. The van der Waals surface area contributed by atoms with E-state index in [2.05, 4.69) is 23.7 Å². The van der Waals surface area contributed by atoms with E-state index in [1.54, 1.807) is 18.4 Å². The Labute approximate surface area is 126 Å². The molecule has 0 aliphatic heterocycles. The number of rotatable bonds is 8. The number of hydrogen-bond acceptors (Lipinski definition) is 2. The third kappa shape index (κ3) is 10.1. The third-order valence-electron chi connectivity index (χ3n) is 2.80. The summed E-state index contributed by atoms with van der Waals surface area (Å²) in [5.41, 5.74) is 0. The van der Waals surface area contributed by atoms with Crippen molar-refractivity contribution in [3.05, 3.63) is 36.3 Å². The summed E-state index contributed by atoms with van der Waals surface area (Å²) in [4.78, 5) is 10.3. The highest BCUT2D eigenvalue weighted by Gasteiger charge is 1.95. The van der Waals surface area contributed by atoms with Crippen LogP contribution in [0.3, 0.4) is 0 Å². The minimum absolute atomic E-state index is 0.286. The van der Waals surface area contributed by atoms with E-state index < -0.39 is 5.97 Å². The number of furan rings is 1. The lowest BCUT2D eigenvalue weighted by atomic mass is 10.1. The molecule has 3 heteroatoms. The molecule has 0 bridgehead atoms. The molecular weight excluding hydrogens is 264 g/mol. The van der Waals surface area contributed by atoms with Gasteiger partial charge in [-0.2, -0.15) is 0 Å². The van der Waals surface area contributed by atoms with Crippen LogP contribution in [0.25, 0.3) is 0 Å². The fourth-order valence-electron chi connectivity index (χ4n) is 1.73. The van der Waals surface area contributed by atoms with Crippen molar-refractivity contribution >= 4 is 5.97 Å². The number of carbonyl (C=O) groups is 1. The molecule has 0 unspecified atom stereocenters. The van der Waals surface area contributed by atoms with Crippen molar-refractivity contribution in [1.82, 2.24) is 0 Å². The zero-order valence-electron chi connectivity index (χ0n) is 12.1. The first-order valence-corrected chi connectivity index (χ1v) is 7.21. The maximum absolute atomic E-state index is 10.3. The van der Waals surface area contributed by atoms with Gasteiger partial charge < -0.3 is 9.52 Å².